The van der Waals surface area contributed by atoms with E-state index < -0.39 is 0 Å². The molecule has 1 fully saturated rings. The van der Waals surface area contributed by atoms with Crippen LogP contribution in [0.15, 0.2) is 53.9 Å². The summed E-state index contributed by atoms with van der Waals surface area (Å²) in [6.07, 6.45) is 0. The number of ether oxygens (including phenoxy) is 2. The van der Waals surface area contributed by atoms with Crippen LogP contribution in [0, 0.1) is 0 Å². The maximum atomic E-state index is 12.8. The number of amides is 1. The number of carbonyl (C=O) groups is 1. The Morgan fingerprint density at radius 3 is 2.43 bits per heavy atom. The minimum absolute atomic E-state index is 0.0584. The summed E-state index contributed by atoms with van der Waals surface area (Å²) in [4.78, 5) is 21.8. The zero-order valence-electron chi connectivity index (χ0n) is 17.2. The molecule has 156 valence electrons. The van der Waals surface area contributed by atoms with Crippen LogP contribution in [0.2, 0.25) is 0 Å². The Morgan fingerprint density at radius 1 is 1.00 bits per heavy atom. The Hall–Kier alpha value is -2.90. The highest BCUT2D eigenvalue weighted by atomic mass is 32.1. The van der Waals surface area contributed by atoms with Gasteiger partial charge in [0.1, 0.15) is 16.5 Å². The van der Waals surface area contributed by atoms with Gasteiger partial charge in [0.25, 0.3) is 5.91 Å². The third-order valence-corrected chi connectivity index (χ3v) is 6.09. The van der Waals surface area contributed by atoms with Gasteiger partial charge in [-0.1, -0.05) is 18.2 Å². The van der Waals surface area contributed by atoms with E-state index in [4.69, 9.17) is 14.5 Å². The van der Waals surface area contributed by atoms with Crippen LogP contribution in [0.3, 0.4) is 0 Å². The van der Waals surface area contributed by atoms with Crippen LogP contribution in [0.4, 0.5) is 0 Å². The lowest BCUT2D eigenvalue weighted by Gasteiger charge is -2.34. The van der Waals surface area contributed by atoms with Gasteiger partial charge in [0.05, 0.1) is 26.5 Å². The van der Waals surface area contributed by atoms with Crippen molar-refractivity contribution in [3.63, 3.8) is 0 Å². The first kappa shape index (κ1) is 20.4. The lowest BCUT2D eigenvalue weighted by atomic mass is 10.1. The largest absolute Gasteiger partial charge is 0.497 e. The molecule has 7 heteroatoms. The molecule has 0 atom stereocenters. The lowest BCUT2D eigenvalue weighted by Crippen LogP contribution is -2.48. The first-order chi connectivity index (χ1) is 14.7. The number of aromatic nitrogens is 1. The molecule has 30 heavy (non-hydrogen) atoms. The number of benzene rings is 2. The van der Waals surface area contributed by atoms with Gasteiger partial charge >= 0.3 is 0 Å². The van der Waals surface area contributed by atoms with Gasteiger partial charge in [-0.05, 0) is 30.3 Å². The molecule has 1 aliphatic rings. The Balaban J connectivity index is 1.34. The van der Waals surface area contributed by atoms with E-state index in [2.05, 4.69) is 10.3 Å². The Labute approximate surface area is 180 Å². The van der Waals surface area contributed by atoms with Crippen molar-refractivity contribution in [1.29, 1.82) is 0 Å². The Kier molecular flexibility index (Phi) is 6.30. The number of methoxy groups -OCH3 is 2. The molecular weight excluding hydrogens is 398 g/mol. The van der Waals surface area contributed by atoms with E-state index in [1.807, 2.05) is 47.4 Å². The fraction of sp³-hybridized carbons (Fsp3) is 0.304. The monoisotopic (exact) mass is 423 g/mol. The van der Waals surface area contributed by atoms with E-state index in [1.165, 1.54) is 0 Å². The van der Waals surface area contributed by atoms with E-state index >= 15 is 0 Å². The van der Waals surface area contributed by atoms with Crippen molar-refractivity contribution in [2.75, 3.05) is 40.4 Å². The van der Waals surface area contributed by atoms with E-state index in [-0.39, 0.29) is 5.91 Å². The topological polar surface area (TPSA) is 54.9 Å². The lowest BCUT2D eigenvalue weighted by molar-refractivity contribution is 0.0628. The molecule has 1 amide bonds. The second kappa shape index (κ2) is 9.28. The van der Waals surface area contributed by atoms with Crippen LogP contribution in [-0.2, 0) is 6.54 Å². The average Bonchev–Trinajstić information content (AvgIpc) is 3.27. The summed E-state index contributed by atoms with van der Waals surface area (Å²) in [7, 11) is 3.28. The molecule has 0 aliphatic carbocycles. The van der Waals surface area contributed by atoms with Gasteiger partial charge in [-0.3, -0.25) is 9.69 Å². The molecule has 0 spiro atoms. The van der Waals surface area contributed by atoms with Crippen molar-refractivity contribution in [1.82, 2.24) is 14.8 Å². The van der Waals surface area contributed by atoms with Crippen LogP contribution in [0.1, 0.15) is 15.4 Å². The van der Waals surface area contributed by atoms with Gasteiger partial charge < -0.3 is 14.4 Å². The second-order valence-corrected chi connectivity index (χ2v) is 8.10. The van der Waals surface area contributed by atoms with Gasteiger partial charge in [-0.15, -0.1) is 11.3 Å². The third kappa shape index (κ3) is 4.63. The molecule has 1 aliphatic heterocycles. The Morgan fingerprint density at radius 2 is 1.70 bits per heavy atom. The molecule has 1 saturated heterocycles. The molecule has 2 aromatic carbocycles. The number of thiazole rings is 1. The number of rotatable bonds is 6. The summed E-state index contributed by atoms with van der Waals surface area (Å²) < 4.78 is 10.5. The molecule has 0 saturated carbocycles. The normalized spacial score (nSPS) is 14.5. The first-order valence-electron chi connectivity index (χ1n) is 9.91. The minimum Gasteiger partial charge on any atom is -0.497 e. The molecular formula is C23H25N3O3S. The zero-order valence-corrected chi connectivity index (χ0v) is 18.0. The van der Waals surface area contributed by atoms with Gasteiger partial charge in [0.15, 0.2) is 0 Å². The van der Waals surface area contributed by atoms with E-state index in [0.717, 1.165) is 41.6 Å². The van der Waals surface area contributed by atoms with Crippen LogP contribution >= 0.6 is 11.3 Å². The number of hydrogen-bond acceptors (Lipinski definition) is 6. The van der Waals surface area contributed by atoms with Crippen molar-refractivity contribution in [3.05, 3.63) is 64.5 Å². The number of hydrogen-bond donors (Lipinski definition) is 0. The van der Waals surface area contributed by atoms with Crippen LogP contribution in [0.25, 0.3) is 11.3 Å². The summed E-state index contributed by atoms with van der Waals surface area (Å²) in [6, 6.07) is 15.3. The molecule has 1 aromatic heterocycles. The summed E-state index contributed by atoms with van der Waals surface area (Å²) in [5.41, 5.74) is 2.71. The van der Waals surface area contributed by atoms with E-state index in [1.54, 1.807) is 31.6 Å². The number of piperazine rings is 1. The van der Waals surface area contributed by atoms with Gasteiger partial charge in [0, 0.05) is 42.7 Å². The highest BCUT2D eigenvalue weighted by Gasteiger charge is 2.23. The number of carbonyl (C=O) groups excluding carboxylic acids is 1. The maximum absolute atomic E-state index is 12.8. The van der Waals surface area contributed by atoms with Crippen molar-refractivity contribution in [2.45, 2.75) is 6.54 Å². The molecule has 2 heterocycles. The minimum atomic E-state index is 0.0584. The van der Waals surface area contributed by atoms with Gasteiger partial charge in [-0.2, -0.15) is 0 Å². The van der Waals surface area contributed by atoms with Crippen molar-refractivity contribution < 1.29 is 14.3 Å². The average molecular weight is 424 g/mol. The third-order valence-electron chi connectivity index (χ3n) is 5.25. The highest BCUT2D eigenvalue weighted by molar-refractivity contribution is 7.09. The molecule has 0 bridgehead atoms. The summed E-state index contributed by atoms with van der Waals surface area (Å²) in [5.74, 6) is 1.59. The predicted molar refractivity (Wildman–Crippen MR) is 118 cm³/mol. The standard InChI is InChI=1S/C23H25N3O3S/c1-28-19-7-3-5-17(13-19)21-16-30-22(24-21)15-25-9-11-26(12-10-25)23(27)18-6-4-8-20(14-18)29-2/h3-8,13-14,16H,9-12,15H2,1-2H3. The summed E-state index contributed by atoms with van der Waals surface area (Å²) >= 11 is 1.67. The molecule has 0 unspecified atom stereocenters. The van der Waals surface area contributed by atoms with E-state index in [9.17, 15) is 4.79 Å². The van der Waals surface area contributed by atoms with Crippen LogP contribution in [-0.4, -0.2) is 61.1 Å². The smallest absolute Gasteiger partial charge is 0.254 e. The second-order valence-electron chi connectivity index (χ2n) is 7.16. The molecule has 0 N–H and O–H groups in total. The molecule has 3 aromatic rings. The molecule has 0 radical (unpaired) electrons. The highest BCUT2D eigenvalue weighted by Crippen LogP contribution is 2.26. The molecule has 4 rings (SSSR count). The quantitative estimate of drug-likeness (QED) is 0.604. The van der Waals surface area contributed by atoms with Gasteiger partial charge in [0.2, 0.25) is 0 Å². The van der Waals surface area contributed by atoms with Crippen molar-refractivity contribution in [2.24, 2.45) is 0 Å². The van der Waals surface area contributed by atoms with Crippen LogP contribution < -0.4 is 9.47 Å². The van der Waals surface area contributed by atoms with E-state index in [0.29, 0.717) is 24.4 Å². The maximum Gasteiger partial charge on any atom is 0.254 e. The first-order valence-corrected chi connectivity index (χ1v) is 10.8. The van der Waals surface area contributed by atoms with Gasteiger partial charge in [-0.25, -0.2) is 4.98 Å². The fourth-order valence-corrected chi connectivity index (χ4v) is 4.38. The predicted octanol–water partition coefficient (Wildman–Crippen LogP) is 3.79. The number of nitrogens with zero attached hydrogens (tertiary/aromatic N) is 3. The van der Waals surface area contributed by atoms with Crippen molar-refractivity contribution >= 4 is 17.2 Å². The summed E-state index contributed by atoms with van der Waals surface area (Å²) in [6.45, 7) is 3.90. The fourth-order valence-electron chi connectivity index (χ4n) is 3.54. The zero-order chi connectivity index (χ0) is 20.9. The van der Waals surface area contributed by atoms with Crippen LogP contribution in [0.5, 0.6) is 11.5 Å². The molecule has 6 nitrogen and oxygen atoms in total. The SMILES string of the molecule is COc1cccc(C(=O)N2CCN(Cc3nc(-c4cccc(OC)c4)cs3)CC2)c1. The van der Waals surface area contributed by atoms with Crippen molar-refractivity contribution in [3.8, 4) is 22.8 Å². The summed E-state index contributed by atoms with van der Waals surface area (Å²) in [5, 5.41) is 3.17. The Bertz CT molecular complexity index is 1010.